The number of hydrogen-bond donors (Lipinski definition) is 0. The number of rotatable bonds is 10. The molecule has 31 heavy (non-hydrogen) atoms. The molecule has 0 aliphatic heterocycles. The summed E-state index contributed by atoms with van der Waals surface area (Å²) in [5.74, 6) is 1.40. The van der Waals surface area contributed by atoms with E-state index in [-0.39, 0.29) is 17.5 Å². The highest BCUT2D eigenvalue weighted by Gasteiger charge is 2.29. The fraction of sp³-hybridized carbons (Fsp3) is 0.348. The molecule has 1 heterocycles. The van der Waals surface area contributed by atoms with Crippen LogP contribution in [0.3, 0.4) is 0 Å². The third kappa shape index (κ3) is 5.84. The smallest absolute Gasteiger partial charge is 0.243 e. The lowest BCUT2D eigenvalue weighted by Gasteiger charge is -2.27. The molecular weight excluding hydrogens is 432 g/mol. The van der Waals surface area contributed by atoms with E-state index in [1.165, 1.54) is 21.2 Å². The zero-order chi connectivity index (χ0) is 22.4. The third-order valence-electron chi connectivity index (χ3n) is 5.05. The van der Waals surface area contributed by atoms with Crippen LogP contribution in [-0.4, -0.2) is 30.9 Å². The van der Waals surface area contributed by atoms with Gasteiger partial charge in [0.1, 0.15) is 23.1 Å². The van der Waals surface area contributed by atoms with Crippen molar-refractivity contribution in [2.45, 2.75) is 51.3 Å². The number of thiazole rings is 1. The first-order chi connectivity index (χ1) is 14.8. The summed E-state index contributed by atoms with van der Waals surface area (Å²) in [6.07, 6.45) is 0.697. The molecule has 3 rings (SSSR count). The number of aromatic nitrogens is 1. The fourth-order valence-electron chi connectivity index (χ4n) is 2.99. The third-order valence-corrected chi connectivity index (χ3v) is 7.89. The molecule has 0 saturated heterocycles. The molecule has 6 nitrogen and oxygen atoms in total. The molecule has 0 fully saturated rings. The van der Waals surface area contributed by atoms with Gasteiger partial charge in [-0.25, -0.2) is 13.4 Å². The van der Waals surface area contributed by atoms with Crippen LogP contribution in [0.5, 0.6) is 11.5 Å². The summed E-state index contributed by atoms with van der Waals surface area (Å²) in [6, 6.07) is 14.1. The molecule has 0 radical (unpaired) electrons. The van der Waals surface area contributed by atoms with Crippen molar-refractivity contribution in [1.82, 2.24) is 9.29 Å². The van der Waals surface area contributed by atoms with Crippen LogP contribution in [-0.2, 0) is 23.2 Å². The van der Waals surface area contributed by atoms with E-state index in [9.17, 15) is 8.42 Å². The fourth-order valence-corrected chi connectivity index (χ4v) is 5.36. The topological polar surface area (TPSA) is 68.7 Å². The highest BCUT2D eigenvalue weighted by atomic mass is 32.2. The predicted molar refractivity (Wildman–Crippen MR) is 123 cm³/mol. The van der Waals surface area contributed by atoms with E-state index >= 15 is 0 Å². The number of methoxy groups -OCH3 is 1. The van der Waals surface area contributed by atoms with Gasteiger partial charge >= 0.3 is 0 Å². The van der Waals surface area contributed by atoms with Crippen molar-refractivity contribution in [2.24, 2.45) is 0 Å². The first-order valence-electron chi connectivity index (χ1n) is 10.1. The summed E-state index contributed by atoms with van der Waals surface area (Å²) in [7, 11) is -2.12. The molecular formula is C23H28N2O4S2. The van der Waals surface area contributed by atoms with Crippen molar-refractivity contribution in [1.29, 1.82) is 0 Å². The van der Waals surface area contributed by atoms with Gasteiger partial charge in [-0.3, -0.25) is 0 Å². The summed E-state index contributed by atoms with van der Waals surface area (Å²) in [5, 5.41) is 2.70. The second-order valence-corrected chi connectivity index (χ2v) is 10.2. The van der Waals surface area contributed by atoms with Gasteiger partial charge in [0.05, 0.1) is 24.2 Å². The van der Waals surface area contributed by atoms with Crippen LogP contribution in [0.1, 0.15) is 36.5 Å². The van der Waals surface area contributed by atoms with Gasteiger partial charge in [-0.05, 0) is 56.7 Å². The van der Waals surface area contributed by atoms with E-state index < -0.39 is 10.0 Å². The van der Waals surface area contributed by atoms with Crippen molar-refractivity contribution < 1.29 is 17.9 Å². The Morgan fingerprint density at radius 2 is 1.71 bits per heavy atom. The lowest BCUT2D eigenvalue weighted by Crippen LogP contribution is -2.37. The minimum atomic E-state index is -3.67. The summed E-state index contributed by atoms with van der Waals surface area (Å²) < 4.78 is 39.1. The van der Waals surface area contributed by atoms with Gasteiger partial charge in [0.15, 0.2) is 0 Å². The molecule has 2 aromatic carbocycles. The van der Waals surface area contributed by atoms with Crippen molar-refractivity contribution in [3.63, 3.8) is 0 Å². The minimum absolute atomic E-state index is 0.166. The number of nitrogens with zero attached hydrogens (tertiary/aromatic N) is 2. The number of ether oxygens (including phenoxy) is 2. The Hall–Kier alpha value is -2.42. The number of benzene rings is 2. The molecule has 0 saturated carbocycles. The van der Waals surface area contributed by atoms with E-state index in [1.807, 2.05) is 50.4 Å². The van der Waals surface area contributed by atoms with Crippen LogP contribution in [0.15, 0.2) is 58.8 Å². The van der Waals surface area contributed by atoms with Gasteiger partial charge in [0.25, 0.3) is 0 Å². The Labute approximate surface area is 188 Å². The Balaban J connectivity index is 1.74. The molecule has 0 aliphatic rings. The monoisotopic (exact) mass is 460 g/mol. The molecule has 1 aromatic heterocycles. The summed E-state index contributed by atoms with van der Waals surface area (Å²) in [5.41, 5.74) is 1.89. The normalized spacial score (nSPS) is 12.7. The lowest BCUT2D eigenvalue weighted by atomic mass is 10.2. The maximum Gasteiger partial charge on any atom is 0.243 e. The van der Waals surface area contributed by atoms with Crippen LogP contribution in [0.2, 0.25) is 0 Å². The molecule has 3 aromatic rings. The van der Waals surface area contributed by atoms with Gasteiger partial charge in [0, 0.05) is 11.4 Å². The molecule has 0 amide bonds. The summed E-state index contributed by atoms with van der Waals surface area (Å²) >= 11 is 1.47. The van der Waals surface area contributed by atoms with Crippen molar-refractivity contribution >= 4 is 21.4 Å². The Bertz CT molecular complexity index is 1080. The largest absolute Gasteiger partial charge is 0.497 e. The van der Waals surface area contributed by atoms with Crippen LogP contribution in [0.25, 0.3) is 0 Å². The minimum Gasteiger partial charge on any atom is -0.497 e. The van der Waals surface area contributed by atoms with Gasteiger partial charge in [-0.2, -0.15) is 4.31 Å². The molecule has 0 N–H and O–H groups in total. The van der Waals surface area contributed by atoms with E-state index in [2.05, 4.69) is 4.98 Å². The SMILES string of the molecule is CC[C@@H](C)N(Cc1csc(COc2ccc(C)cc2)n1)S(=O)(=O)c1ccc(OC)cc1. The standard InChI is InChI=1S/C23H28N2O4S2/c1-5-18(3)25(31(26,27)22-12-10-20(28-4)11-13-22)14-19-16-30-23(24-19)15-29-21-8-6-17(2)7-9-21/h6-13,16,18H,5,14-15H2,1-4H3/t18-/m1/s1. The first kappa shape index (κ1) is 23.2. The van der Waals surface area contributed by atoms with Crippen molar-refractivity contribution in [2.75, 3.05) is 7.11 Å². The van der Waals surface area contributed by atoms with Gasteiger partial charge in [-0.1, -0.05) is 24.6 Å². The molecule has 166 valence electrons. The number of sulfonamides is 1. The maximum absolute atomic E-state index is 13.3. The Morgan fingerprint density at radius 1 is 1.06 bits per heavy atom. The second-order valence-electron chi connectivity index (χ2n) is 7.32. The maximum atomic E-state index is 13.3. The van der Waals surface area contributed by atoms with Crippen molar-refractivity contribution in [3.8, 4) is 11.5 Å². The molecule has 0 spiro atoms. The highest BCUT2D eigenvalue weighted by Crippen LogP contribution is 2.25. The van der Waals surface area contributed by atoms with Crippen LogP contribution >= 0.6 is 11.3 Å². The second kappa shape index (κ2) is 10.3. The van der Waals surface area contributed by atoms with Crippen LogP contribution in [0, 0.1) is 6.92 Å². The molecule has 1 atom stereocenters. The zero-order valence-corrected chi connectivity index (χ0v) is 19.9. The van der Waals surface area contributed by atoms with Crippen LogP contribution < -0.4 is 9.47 Å². The molecule has 0 bridgehead atoms. The Morgan fingerprint density at radius 3 is 2.32 bits per heavy atom. The molecule has 0 unspecified atom stereocenters. The van der Waals surface area contributed by atoms with Gasteiger partial charge < -0.3 is 9.47 Å². The predicted octanol–water partition coefficient (Wildman–Crippen LogP) is 5.03. The lowest BCUT2D eigenvalue weighted by molar-refractivity contribution is 0.302. The first-order valence-corrected chi connectivity index (χ1v) is 12.4. The number of hydrogen-bond acceptors (Lipinski definition) is 6. The quantitative estimate of drug-likeness (QED) is 0.424. The van der Waals surface area contributed by atoms with Gasteiger partial charge in [-0.15, -0.1) is 11.3 Å². The number of aryl methyl sites for hydroxylation is 1. The van der Waals surface area contributed by atoms with Crippen molar-refractivity contribution in [3.05, 3.63) is 70.2 Å². The van der Waals surface area contributed by atoms with E-state index in [0.717, 1.165) is 10.8 Å². The van der Waals surface area contributed by atoms with E-state index in [4.69, 9.17) is 9.47 Å². The van der Waals surface area contributed by atoms with Crippen LogP contribution in [0.4, 0.5) is 0 Å². The van der Waals surface area contributed by atoms with Gasteiger partial charge in [0.2, 0.25) is 10.0 Å². The molecule has 0 aliphatic carbocycles. The Kier molecular flexibility index (Phi) is 7.69. The summed E-state index contributed by atoms with van der Waals surface area (Å²) in [6.45, 7) is 6.48. The van der Waals surface area contributed by atoms with E-state index in [1.54, 1.807) is 31.4 Å². The zero-order valence-electron chi connectivity index (χ0n) is 18.2. The summed E-state index contributed by atoms with van der Waals surface area (Å²) in [4.78, 5) is 4.84. The van der Waals surface area contributed by atoms with E-state index in [0.29, 0.717) is 24.5 Å². The molecule has 8 heteroatoms. The highest BCUT2D eigenvalue weighted by molar-refractivity contribution is 7.89. The average molecular weight is 461 g/mol. The average Bonchev–Trinajstić information content (AvgIpc) is 3.24.